The number of thiophene rings is 1. The van der Waals surface area contributed by atoms with E-state index < -0.39 is 22.4 Å². The van der Waals surface area contributed by atoms with Gasteiger partial charge in [-0.05, 0) is 17.5 Å². The van der Waals surface area contributed by atoms with Crippen molar-refractivity contribution in [2.45, 2.75) is 11.0 Å². The summed E-state index contributed by atoms with van der Waals surface area (Å²) in [6.07, 6.45) is -4.72. The molecule has 0 spiro atoms. The van der Waals surface area contributed by atoms with Crippen LogP contribution < -0.4 is 0 Å². The van der Waals surface area contributed by atoms with Gasteiger partial charge in [-0.25, -0.2) is 4.39 Å². The van der Waals surface area contributed by atoms with Gasteiger partial charge in [-0.15, -0.1) is 11.3 Å². The Morgan fingerprint density at radius 2 is 1.89 bits per heavy atom. The van der Waals surface area contributed by atoms with Gasteiger partial charge in [-0.2, -0.15) is 13.2 Å². The van der Waals surface area contributed by atoms with Crippen LogP contribution in [0.15, 0.2) is 29.6 Å². The maximum Gasteiger partial charge on any atom is 0.419 e. The van der Waals surface area contributed by atoms with E-state index in [1.165, 1.54) is 23.5 Å². The molecule has 1 atom stereocenters. The fraction of sp³-hybridized carbons (Fsp3) is 0.167. The molecule has 0 radical (unpaired) electrons. The Morgan fingerprint density at radius 1 is 1.21 bits per heavy atom. The molecule has 2 rings (SSSR count). The van der Waals surface area contributed by atoms with Gasteiger partial charge >= 0.3 is 6.18 Å². The van der Waals surface area contributed by atoms with Crippen molar-refractivity contribution in [3.63, 3.8) is 0 Å². The third-order valence-electron chi connectivity index (χ3n) is 2.48. The van der Waals surface area contributed by atoms with Crippen molar-refractivity contribution < 1.29 is 17.6 Å². The lowest BCUT2D eigenvalue weighted by molar-refractivity contribution is -0.140. The summed E-state index contributed by atoms with van der Waals surface area (Å²) in [6.45, 7) is 0. The highest BCUT2D eigenvalue weighted by atomic mass is 79.9. The highest BCUT2D eigenvalue weighted by Gasteiger charge is 2.35. The van der Waals surface area contributed by atoms with Gasteiger partial charge in [0.25, 0.3) is 0 Å². The topological polar surface area (TPSA) is 0 Å². The van der Waals surface area contributed by atoms with E-state index in [4.69, 9.17) is 11.6 Å². The van der Waals surface area contributed by atoms with Crippen LogP contribution in [-0.2, 0) is 6.18 Å². The van der Waals surface area contributed by atoms with Crippen molar-refractivity contribution in [1.82, 2.24) is 0 Å². The first-order valence-corrected chi connectivity index (χ1v) is 7.22. The summed E-state index contributed by atoms with van der Waals surface area (Å²) < 4.78 is 51.9. The number of benzene rings is 1. The normalized spacial score (nSPS) is 13.6. The number of alkyl halides is 4. The van der Waals surface area contributed by atoms with E-state index in [0.717, 1.165) is 0 Å². The second-order valence-electron chi connectivity index (χ2n) is 3.70. The van der Waals surface area contributed by atoms with Gasteiger partial charge in [0.15, 0.2) is 0 Å². The molecule has 0 saturated carbocycles. The quantitative estimate of drug-likeness (QED) is 0.444. The Balaban J connectivity index is 2.50. The predicted octanol–water partition coefficient (Wildman–Crippen LogP) is 6.04. The molecule has 1 aromatic heterocycles. The fourth-order valence-corrected chi connectivity index (χ4v) is 3.81. The van der Waals surface area contributed by atoms with Gasteiger partial charge in [0.1, 0.15) is 5.82 Å². The van der Waals surface area contributed by atoms with Crippen LogP contribution >= 0.6 is 38.9 Å². The Labute approximate surface area is 124 Å². The highest BCUT2D eigenvalue weighted by Crippen LogP contribution is 2.42. The molecule has 0 fully saturated rings. The molecule has 0 nitrogen and oxygen atoms in total. The summed E-state index contributed by atoms with van der Waals surface area (Å²) in [5.41, 5.74) is -1.36. The first-order valence-electron chi connectivity index (χ1n) is 5.05. The Kier molecular flexibility index (Phi) is 4.23. The third-order valence-corrected chi connectivity index (χ3v) is 5.16. The summed E-state index contributed by atoms with van der Waals surface area (Å²) in [6, 6.07) is 4.81. The van der Waals surface area contributed by atoms with Crippen LogP contribution in [0.4, 0.5) is 17.6 Å². The van der Waals surface area contributed by atoms with Gasteiger partial charge in [-0.1, -0.05) is 39.7 Å². The Hall–Kier alpha value is -0.590. The van der Waals surface area contributed by atoms with E-state index in [2.05, 4.69) is 15.9 Å². The van der Waals surface area contributed by atoms with Gasteiger partial charge in [-0.3, -0.25) is 0 Å². The molecule has 2 aromatic rings. The minimum atomic E-state index is -4.72. The molecule has 0 N–H and O–H groups in total. The Bertz CT molecular complexity index is 594. The average molecular weight is 374 g/mol. The first kappa shape index (κ1) is 14.8. The van der Waals surface area contributed by atoms with E-state index in [0.29, 0.717) is 16.0 Å². The number of hydrogen-bond donors (Lipinski definition) is 0. The lowest BCUT2D eigenvalue weighted by atomic mass is 10.1. The molecule has 0 amide bonds. The van der Waals surface area contributed by atoms with Crippen molar-refractivity contribution in [2.75, 3.05) is 0 Å². The lowest BCUT2D eigenvalue weighted by Gasteiger charge is -2.14. The number of rotatable bonds is 2. The van der Waals surface area contributed by atoms with Gasteiger partial charge in [0.05, 0.1) is 15.4 Å². The molecule has 0 bridgehead atoms. The van der Waals surface area contributed by atoms with Gasteiger partial charge in [0.2, 0.25) is 0 Å². The minimum absolute atomic E-state index is 0.0841. The zero-order chi connectivity index (χ0) is 14.2. The third kappa shape index (κ3) is 2.95. The monoisotopic (exact) mass is 372 g/mol. The molecule has 0 aliphatic carbocycles. The SMILES string of the molecule is Fc1c(C(Br)c2sccc2Cl)cccc1C(F)(F)F. The molecule has 7 heteroatoms. The van der Waals surface area contributed by atoms with Crippen LogP contribution in [0.3, 0.4) is 0 Å². The van der Waals surface area contributed by atoms with Gasteiger partial charge in [0, 0.05) is 10.4 Å². The predicted molar refractivity (Wildman–Crippen MR) is 71.5 cm³/mol. The Morgan fingerprint density at radius 3 is 2.42 bits per heavy atom. The second kappa shape index (κ2) is 5.42. The van der Waals surface area contributed by atoms with Crippen LogP contribution in [0, 0.1) is 5.82 Å². The summed E-state index contributed by atoms with van der Waals surface area (Å²) in [5, 5.41) is 2.08. The molecule has 19 heavy (non-hydrogen) atoms. The maximum absolute atomic E-state index is 14.0. The van der Waals surface area contributed by atoms with Crippen molar-refractivity contribution in [3.05, 3.63) is 56.5 Å². The lowest BCUT2D eigenvalue weighted by Crippen LogP contribution is -2.10. The van der Waals surface area contributed by atoms with E-state index in [1.807, 2.05) is 0 Å². The van der Waals surface area contributed by atoms with Crippen LogP contribution in [0.2, 0.25) is 5.02 Å². The standard InChI is InChI=1S/C12H6BrClF4S/c13-9(11-8(14)4-5-19-11)6-2-1-3-7(10(6)15)12(16,17)18/h1-5,9H. The summed E-state index contributed by atoms with van der Waals surface area (Å²) in [5.74, 6) is -1.28. The van der Waals surface area contributed by atoms with Crippen LogP contribution in [0.1, 0.15) is 20.8 Å². The molecular weight excluding hydrogens is 368 g/mol. The smallest absolute Gasteiger partial charge is 0.206 e. The van der Waals surface area contributed by atoms with Crippen molar-refractivity contribution in [1.29, 1.82) is 0 Å². The number of hydrogen-bond acceptors (Lipinski definition) is 1. The molecule has 0 saturated heterocycles. The minimum Gasteiger partial charge on any atom is -0.206 e. The highest BCUT2D eigenvalue weighted by molar-refractivity contribution is 9.09. The van der Waals surface area contributed by atoms with E-state index in [1.54, 1.807) is 11.4 Å². The van der Waals surface area contributed by atoms with Crippen LogP contribution in [0.5, 0.6) is 0 Å². The number of halogens is 6. The molecular formula is C12H6BrClF4S. The molecule has 1 unspecified atom stereocenters. The van der Waals surface area contributed by atoms with Crippen LogP contribution in [0.25, 0.3) is 0 Å². The zero-order valence-corrected chi connectivity index (χ0v) is 12.3. The van der Waals surface area contributed by atoms with Crippen molar-refractivity contribution in [2.24, 2.45) is 0 Å². The van der Waals surface area contributed by atoms with Crippen LogP contribution in [-0.4, -0.2) is 0 Å². The molecule has 102 valence electrons. The molecule has 0 aliphatic heterocycles. The second-order valence-corrected chi connectivity index (χ2v) is 5.97. The largest absolute Gasteiger partial charge is 0.419 e. The maximum atomic E-state index is 14.0. The van der Waals surface area contributed by atoms with E-state index >= 15 is 0 Å². The fourth-order valence-electron chi connectivity index (χ4n) is 1.59. The van der Waals surface area contributed by atoms with Gasteiger partial charge < -0.3 is 0 Å². The molecule has 1 heterocycles. The summed E-state index contributed by atoms with van der Waals surface area (Å²) in [7, 11) is 0. The summed E-state index contributed by atoms with van der Waals surface area (Å²) >= 11 is 10.3. The van der Waals surface area contributed by atoms with Crippen molar-refractivity contribution >= 4 is 38.9 Å². The molecule has 0 aliphatic rings. The van der Waals surface area contributed by atoms with Crippen molar-refractivity contribution in [3.8, 4) is 0 Å². The van der Waals surface area contributed by atoms with E-state index in [-0.39, 0.29) is 5.56 Å². The van der Waals surface area contributed by atoms with E-state index in [9.17, 15) is 17.6 Å². The molecule has 1 aromatic carbocycles. The first-order chi connectivity index (χ1) is 8.82. The zero-order valence-electron chi connectivity index (χ0n) is 9.14. The average Bonchev–Trinajstić information content (AvgIpc) is 2.73. The summed E-state index contributed by atoms with van der Waals surface area (Å²) in [4.78, 5) is -0.137.